The van der Waals surface area contributed by atoms with Crippen LogP contribution in [0.3, 0.4) is 0 Å². The highest BCUT2D eigenvalue weighted by Gasteiger charge is 2.42. The molecule has 2 aliphatic rings. The average molecular weight is 355 g/mol. The van der Waals surface area contributed by atoms with E-state index in [4.69, 9.17) is 4.74 Å². The minimum atomic E-state index is -1.18. The fourth-order valence-corrected chi connectivity index (χ4v) is 3.43. The summed E-state index contributed by atoms with van der Waals surface area (Å²) in [6.45, 7) is 1.39. The Morgan fingerprint density at radius 2 is 2.23 bits per heavy atom. The lowest BCUT2D eigenvalue weighted by Crippen LogP contribution is -2.48. The van der Waals surface area contributed by atoms with E-state index < -0.39 is 12.0 Å². The molecule has 0 saturated carbocycles. The quantitative estimate of drug-likeness (QED) is 0.864. The second-order valence-corrected chi connectivity index (χ2v) is 6.09. The van der Waals surface area contributed by atoms with Gasteiger partial charge >= 0.3 is 12.0 Å². The number of ether oxygens (including phenoxy) is 1. The number of nitrogens with one attached hydrogen (secondary N) is 1. The van der Waals surface area contributed by atoms with Crippen LogP contribution in [0.2, 0.25) is 0 Å². The number of nitrogens with zero attached hydrogens (tertiary/aromatic N) is 4. The first-order chi connectivity index (χ1) is 12.6. The number of fused-ring (bicyclic) bond motifs is 4. The van der Waals surface area contributed by atoms with Gasteiger partial charge in [0.05, 0.1) is 13.2 Å². The molecule has 134 valence electrons. The number of aromatic nitrogens is 2. The van der Waals surface area contributed by atoms with Crippen molar-refractivity contribution in [3.05, 3.63) is 36.2 Å². The number of hydrogen-bond acceptors (Lipinski definition) is 6. The molecule has 2 aromatic heterocycles. The van der Waals surface area contributed by atoms with Gasteiger partial charge in [0.1, 0.15) is 17.3 Å². The predicted octanol–water partition coefficient (Wildman–Crippen LogP) is 1.81. The van der Waals surface area contributed by atoms with Gasteiger partial charge in [0.25, 0.3) is 0 Å². The van der Waals surface area contributed by atoms with E-state index >= 15 is 0 Å². The van der Waals surface area contributed by atoms with Gasteiger partial charge in [-0.15, -0.1) is 0 Å². The van der Waals surface area contributed by atoms with Gasteiger partial charge in [-0.3, -0.25) is 10.2 Å². The molecule has 4 heterocycles. The van der Waals surface area contributed by atoms with Crippen molar-refractivity contribution in [3.63, 3.8) is 0 Å². The summed E-state index contributed by atoms with van der Waals surface area (Å²) in [6.07, 6.45) is 2.35. The van der Waals surface area contributed by atoms with E-state index in [9.17, 15) is 14.7 Å². The molecule has 0 radical (unpaired) electrons. The van der Waals surface area contributed by atoms with Crippen molar-refractivity contribution in [2.75, 3.05) is 35.3 Å². The SMILES string of the molecule is COc1cc(C(=O)O)nc2c1N1CCC(C1)N2C(=O)Nc1ccccn1. The Morgan fingerprint density at radius 1 is 1.38 bits per heavy atom. The fraction of sp³-hybridized carbons (Fsp3) is 0.294. The van der Waals surface area contributed by atoms with E-state index in [2.05, 4.69) is 20.2 Å². The third-order valence-electron chi connectivity index (χ3n) is 4.57. The summed E-state index contributed by atoms with van der Waals surface area (Å²) in [7, 11) is 1.47. The van der Waals surface area contributed by atoms with Gasteiger partial charge in [-0.05, 0) is 18.6 Å². The fourth-order valence-electron chi connectivity index (χ4n) is 3.43. The van der Waals surface area contributed by atoms with Gasteiger partial charge in [-0.1, -0.05) is 6.07 Å². The van der Waals surface area contributed by atoms with Crippen molar-refractivity contribution < 1.29 is 19.4 Å². The molecule has 2 amide bonds. The van der Waals surface area contributed by atoms with E-state index in [-0.39, 0.29) is 11.7 Å². The monoisotopic (exact) mass is 355 g/mol. The lowest BCUT2D eigenvalue weighted by molar-refractivity contribution is 0.0690. The molecule has 1 unspecified atom stereocenters. The molecule has 2 N–H and O–H groups in total. The topological polar surface area (TPSA) is 108 Å². The number of carboxylic acid groups (broad SMARTS) is 1. The van der Waals surface area contributed by atoms with Gasteiger partial charge in [0.2, 0.25) is 0 Å². The number of carbonyl (C=O) groups is 2. The van der Waals surface area contributed by atoms with Crippen LogP contribution in [-0.2, 0) is 0 Å². The molecule has 26 heavy (non-hydrogen) atoms. The first-order valence-corrected chi connectivity index (χ1v) is 8.17. The summed E-state index contributed by atoms with van der Waals surface area (Å²) in [5.74, 6) is -0.0720. The van der Waals surface area contributed by atoms with Crippen LogP contribution in [0, 0.1) is 0 Å². The first-order valence-electron chi connectivity index (χ1n) is 8.17. The zero-order valence-corrected chi connectivity index (χ0v) is 14.0. The zero-order valence-electron chi connectivity index (χ0n) is 14.0. The number of rotatable bonds is 3. The summed E-state index contributed by atoms with van der Waals surface area (Å²) in [5, 5.41) is 12.1. The summed E-state index contributed by atoms with van der Waals surface area (Å²) in [6, 6.07) is 6.11. The van der Waals surface area contributed by atoms with Crippen LogP contribution in [-0.4, -0.2) is 53.3 Å². The Balaban J connectivity index is 1.78. The van der Waals surface area contributed by atoms with Crippen molar-refractivity contribution in [1.29, 1.82) is 0 Å². The highest BCUT2D eigenvalue weighted by molar-refractivity contribution is 6.05. The number of amides is 2. The third-order valence-corrected chi connectivity index (χ3v) is 4.57. The normalized spacial score (nSPS) is 17.7. The number of carboxylic acids is 1. The largest absolute Gasteiger partial charge is 0.494 e. The molecule has 0 aliphatic carbocycles. The molecule has 9 heteroatoms. The maximum Gasteiger partial charge on any atom is 0.354 e. The number of carbonyl (C=O) groups excluding carboxylic acids is 1. The molecule has 0 spiro atoms. The van der Waals surface area contributed by atoms with Crippen LogP contribution >= 0.6 is 0 Å². The highest BCUT2D eigenvalue weighted by atomic mass is 16.5. The Labute approximate surface area is 149 Å². The Hall–Kier alpha value is -3.36. The summed E-state index contributed by atoms with van der Waals surface area (Å²) < 4.78 is 5.38. The molecule has 1 fully saturated rings. The van der Waals surface area contributed by atoms with Crippen LogP contribution in [0.1, 0.15) is 16.9 Å². The van der Waals surface area contributed by atoms with E-state index in [0.29, 0.717) is 29.6 Å². The van der Waals surface area contributed by atoms with Crippen molar-refractivity contribution in [1.82, 2.24) is 9.97 Å². The first kappa shape index (κ1) is 16.1. The molecule has 4 rings (SSSR count). The van der Waals surface area contributed by atoms with Gasteiger partial charge < -0.3 is 14.7 Å². The Bertz CT molecular complexity index is 873. The van der Waals surface area contributed by atoms with Crippen LogP contribution < -0.4 is 19.9 Å². The minimum Gasteiger partial charge on any atom is -0.494 e. The van der Waals surface area contributed by atoms with Gasteiger partial charge in [-0.25, -0.2) is 19.6 Å². The zero-order chi connectivity index (χ0) is 18.3. The molecular weight excluding hydrogens is 338 g/mol. The van der Waals surface area contributed by atoms with Gasteiger partial charge in [0.15, 0.2) is 11.5 Å². The Kier molecular flexibility index (Phi) is 3.83. The number of anilines is 3. The maximum atomic E-state index is 12.9. The maximum absolute atomic E-state index is 12.9. The van der Waals surface area contributed by atoms with Gasteiger partial charge in [-0.2, -0.15) is 0 Å². The number of urea groups is 1. The van der Waals surface area contributed by atoms with Crippen molar-refractivity contribution >= 4 is 29.3 Å². The number of methoxy groups -OCH3 is 1. The van der Waals surface area contributed by atoms with E-state index in [1.807, 2.05) is 0 Å². The molecule has 2 bridgehead atoms. The van der Waals surface area contributed by atoms with Crippen LogP contribution in [0.5, 0.6) is 5.75 Å². The molecule has 2 aromatic rings. The molecule has 9 nitrogen and oxygen atoms in total. The minimum absolute atomic E-state index is 0.0903. The van der Waals surface area contributed by atoms with Crippen LogP contribution in [0.15, 0.2) is 30.5 Å². The second kappa shape index (κ2) is 6.17. The van der Waals surface area contributed by atoms with E-state index in [0.717, 1.165) is 13.0 Å². The van der Waals surface area contributed by atoms with Crippen molar-refractivity contribution in [2.45, 2.75) is 12.5 Å². The molecule has 0 aromatic carbocycles. The predicted molar refractivity (Wildman–Crippen MR) is 94.1 cm³/mol. The summed E-state index contributed by atoms with van der Waals surface area (Å²) >= 11 is 0. The molecule has 1 atom stereocenters. The molecule has 2 aliphatic heterocycles. The van der Waals surface area contributed by atoms with Crippen LogP contribution in [0.4, 0.5) is 22.1 Å². The summed E-state index contributed by atoms with van der Waals surface area (Å²) in [4.78, 5) is 36.3. The number of hydrogen-bond donors (Lipinski definition) is 2. The highest BCUT2D eigenvalue weighted by Crippen LogP contribution is 2.45. The second-order valence-electron chi connectivity index (χ2n) is 6.09. The number of aromatic carboxylic acids is 1. The van der Waals surface area contributed by atoms with Crippen molar-refractivity contribution in [3.8, 4) is 5.75 Å². The lowest BCUT2D eigenvalue weighted by atomic mass is 10.1. The average Bonchev–Trinajstić information content (AvgIpc) is 3.05. The molecular formula is C17H17N5O4. The lowest BCUT2D eigenvalue weighted by Gasteiger charge is -2.36. The van der Waals surface area contributed by atoms with Crippen LogP contribution in [0.25, 0.3) is 0 Å². The standard InChI is InChI=1S/C17H17N5O4/c1-26-12-8-11(16(23)24)19-15-14(12)21-7-5-10(9-21)22(15)17(25)20-13-4-2-3-6-18-13/h2-4,6,8,10H,5,7,9H2,1H3,(H,23,24)(H,18,20,25). The summed E-state index contributed by atoms with van der Waals surface area (Å²) in [5.41, 5.74) is 0.473. The molecule has 1 saturated heterocycles. The van der Waals surface area contributed by atoms with E-state index in [1.54, 1.807) is 24.4 Å². The Morgan fingerprint density at radius 3 is 2.92 bits per heavy atom. The third kappa shape index (κ3) is 2.57. The van der Waals surface area contributed by atoms with E-state index in [1.165, 1.54) is 18.1 Å². The smallest absolute Gasteiger partial charge is 0.354 e. The van der Waals surface area contributed by atoms with Gasteiger partial charge in [0, 0.05) is 25.4 Å². The number of pyridine rings is 2. The van der Waals surface area contributed by atoms with Crippen molar-refractivity contribution in [2.24, 2.45) is 0 Å².